The molecule has 37 heavy (non-hydrogen) atoms. The van der Waals surface area contributed by atoms with Gasteiger partial charge in [-0.15, -0.1) is 0 Å². The van der Waals surface area contributed by atoms with Crippen molar-refractivity contribution in [3.8, 4) is 17.1 Å². The number of carbonyl (C=O) groups is 2. The Kier molecular flexibility index (Phi) is 6.89. The smallest absolute Gasteiger partial charge is 0.319 e. The van der Waals surface area contributed by atoms with E-state index in [1.807, 2.05) is 20.8 Å². The van der Waals surface area contributed by atoms with Crippen molar-refractivity contribution in [2.75, 3.05) is 49.6 Å². The molecule has 4 heterocycles. The molecule has 2 N–H and O–H groups in total. The maximum atomic E-state index is 13.7. The average Bonchev–Trinajstić information content (AvgIpc) is 3.17. The Morgan fingerprint density at radius 1 is 1.16 bits per heavy atom. The molecule has 2 aromatic rings. The molecule has 2 saturated heterocycles. The zero-order valence-electron chi connectivity index (χ0n) is 21.4. The van der Waals surface area contributed by atoms with E-state index in [1.54, 1.807) is 29.2 Å². The van der Waals surface area contributed by atoms with E-state index in [0.717, 1.165) is 12.8 Å². The number of anilines is 2. The highest BCUT2D eigenvalue weighted by molar-refractivity contribution is 6.03. The number of hydrogen-bond donors (Lipinski definition) is 2. The lowest BCUT2D eigenvalue weighted by Gasteiger charge is -2.33. The van der Waals surface area contributed by atoms with E-state index < -0.39 is 18.3 Å². The molecule has 2 unspecified atom stereocenters. The van der Waals surface area contributed by atoms with Crippen LogP contribution in [0.25, 0.3) is 11.3 Å². The van der Waals surface area contributed by atoms with Gasteiger partial charge in [0, 0.05) is 37.4 Å². The molecule has 10 nitrogen and oxygen atoms in total. The predicted octanol–water partition coefficient (Wildman–Crippen LogP) is 3.24. The van der Waals surface area contributed by atoms with Crippen LogP contribution in [0.2, 0.25) is 0 Å². The molecule has 0 radical (unpaired) electrons. The maximum absolute atomic E-state index is 13.7. The molecule has 1 aromatic carbocycles. The minimum atomic E-state index is -0.639. The molecule has 0 saturated carbocycles. The minimum absolute atomic E-state index is 0.0601. The molecule has 3 aliphatic heterocycles. The first kappa shape index (κ1) is 25.2. The molecule has 3 amide bonds. The van der Waals surface area contributed by atoms with E-state index in [9.17, 15) is 14.0 Å². The second kappa shape index (κ2) is 10.1. The molecule has 11 heteroatoms. The molecule has 2 fully saturated rings. The van der Waals surface area contributed by atoms with Gasteiger partial charge < -0.3 is 29.9 Å². The summed E-state index contributed by atoms with van der Waals surface area (Å²) in [6.45, 7) is 7.45. The second-order valence-corrected chi connectivity index (χ2v) is 10.2. The van der Waals surface area contributed by atoms with Crippen LogP contribution in [0, 0.1) is 0 Å². The maximum Gasteiger partial charge on any atom is 0.319 e. The third-order valence-corrected chi connectivity index (χ3v) is 6.81. The van der Waals surface area contributed by atoms with Crippen LogP contribution in [-0.2, 0) is 4.74 Å². The number of ether oxygens (including phenoxy) is 2. The number of rotatable bonds is 6. The Labute approximate surface area is 215 Å². The van der Waals surface area contributed by atoms with E-state index in [-0.39, 0.29) is 30.5 Å². The van der Waals surface area contributed by atoms with Crippen molar-refractivity contribution >= 4 is 23.6 Å². The van der Waals surface area contributed by atoms with Crippen molar-refractivity contribution in [3.05, 3.63) is 29.8 Å². The van der Waals surface area contributed by atoms with E-state index in [4.69, 9.17) is 19.4 Å². The fraction of sp³-hybridized carbons (Fsp3) is 0.538. The van der Waals surface area contributed by atoms with E-state index in [1.165, 1.54) is 0 Å². The normalized spacial score (nSPS) is 22.2. The number of amides is 3. The minimum Gasteiger partial charge on any atom is -0.469 e. The lowest BCUT2D eigenvalue weighted by molar-refractivity contribution is 0.0297. The van der Waals surface area contributed by atoms with Crippen molar-refractivity contribution in [3.63, 3.8) is 0 Å². The van der Waals surface area contributed by atoms with Crippen LogP contribution in [0.4, 0.5) is 20.8 Å². The number of morpholine rings is 1. The van der Waals surface area contributed by atoms with Crippen LogP contribution >= 0.6 is 0 Å². The van der Waals surface area contributed by atoms with Crippen molar-refractivity contribution in [1.29, 1.82) is 0 Å². The topological polar surface area (TPSA) is 109 Å². The molecule has 198 valence electrons. The highest BCUT2D eigenvalue weighted by atomic mass is 19.1. The number of nitrogens with one attached hydrogen (secondary N) is 2. The molecule has 2 bridgehead atoms. The number of aromatic nitrogens is 2. The molecule has 1 aromatic heterocycles. The number of likely N-dealkylation sites (N-methyl/N-ethyl adjacent to an activating group) is 1. The van der Waals surface area contributed by atoms with Crippen molar-refractivity contribution in [2.24, 2.45) is 0 Å². The number of nitrogens with zero attached hydrogens (tertiary/aromatic N) is 4. The lowest BCUT2D eigenvalue weighted by atomic mass is 10.0. The Morgan fingerprint density at radius 2 is 1.86 bits per heavy atom. The quantitative estimate of drug-likeness (QED) is 0.612. The van der Waals surface area contributed by atoms with E-state index in [0.29, 0.717) is 54.6 Å². The number of carbonyl (C=O) groups excluding carboxylic acids is 2. The highest BCUT2D eigenvalue weighted by Crippen LogP contribution is 2.37. The van der Waals surface area contributed by atoms with Gasteiger partial charge in [0.2, 0.25) is 11.8 Å². The summed E-state index contributed by atoms with van der Waals surface area (Å²) in [6.07, 6.45) is 2.32. The second-order valence-electron chi connectivity index (χ2n) is 10.2. The summed E-state index contributed by atoms with van der Waals surface area (Å²) in [7, 11) is 0. The molecular weight excluding hydrogens is 479 g/mol. The number of halogens is 1. The lowest BCUT2D eigenvalue weighted by Crippen LogP contribution is -2.43. The monoisotopic (exact) mass is 512 g/mol. The molecule has 0 spiro atoms. The van der Waals surface area contributed by atoms with Gasteiger partial charge in [-0.05, 0) is 45.7 Å². The van der Waals surface area contributed by atoms with Crippen molar-refractivity contribution in [1.82, 2.24) is 20.2 Å². The Morgan fingerprint density at radius 3 is 2.51 bits per heavy atom. The first-order valence-electron chi connectivity index (χ1n) is 12.8. The number of alkyl halides is 1. The van der Waals surface area contributed by atoms with Gasteiger partial charge in [-0.2, -0.15) is 4.98 Å². The largest absolute Gasteiger partial charge is 0.469 e. The van der Waals surface area contributed by atoms with Crippen molar-refractivity contribution in [2.45, 2.75) is 51.4 Å². The number of benzene rings is 1. The standard InChI is InChI=1S/C26H33FN6O4/c1-4-32-15-26(2,3)37-22-20(23(32)34)21(16-5-7-17(8-6-16)29-25(35)28-12-11-27)30-24(31-22)33-13-18-9-10-19(14-33)36-18/h5-8,18-19H,4,9-15H2,1-3H3,(H2,28,29,35). The summed E-state index contributed by atoms with van der Waals surface area (Å²) < 4.78 is 24.7. The molecule has 2 atom stereocenters. The zero-order valence-corrected chi connectivity index (χ0v) is 21.4. The summed E-state index contributed by atoms with van der Waals surface area (Å²) in [5.74, 6) is 0.604. The van der Waals surface area contributed by atoms with Crippen LogP contribution in [-0.4, -0.2) is 84.0 Å². The Hall–Kier alpha value is -3.47. The molecular formula is C26H33FN6O4. The van der Waals surface area contributed by atoms with Crippen molar-refractivity contribution < 1.29 is 23.5 Å². The predicted molar refractivity (Wildman–Crippen MR) is 137 cm³/mol. The molecule has 3 aliphatic rings. The fourth-order valence-corrected chi connectivity index (χ4v) is 5.11. The van der Waals surface area contributed by atoms with E-state index >= 15 is 0 Å². The first-order chi connectivity index (χ1) is 17.8. The van der Waals surface area contributed by atoms with Crippen LogP contribution in [0.5, 0.6) is 5.88 Å². The van der Waals surface area contributed by atoms with Crippen LogP contribution < -0.4 is 20.3 Å². The van der Waals surface area contributed by atoms with Gasteiger partial charge in [0.25, 0.3) is 5.91 Å². The average molecular weight is 513 g/mol. The van der Waals surface area contributed by atoms with Gasteiger partial charge in [-0.3, -0.25) is 4.79 Å². The Balaban J connectivity index is 1.55. The highest BCUT2D eigenvalue weighted by Gasteiger charge is 2.39. The molecule has 0 aliphatic carbocycles. The van der Waals surface area contributed by atoms with Gasteiger partial charge >= 0.3 is 6.03 Å². The van der Waals surface area contributed by atoms with Crippen LogP contribution in [0.1, 0.15) is 44.0 Å². The number of urea groups is 1. The zero-order chi connectivity index (χ0) is 26.2. The summed E-state index contributed by atoms with van der Waals surface area (Å²) in [5.41, 5.74) is 1.40. The van der Waals surface area contributed by atoms with Gasteiger partial charge in [0.15, 0.2) is 0 Å². The third kappa shape index (κ3) is 5.31. The summed E-state index contributed by atoms with van der Waals surface area (Å²) in [5, 5.41) is 5.10. The third-order valence-electron chi connectivity index (χ3n) is 6.81. The van der Waals surface area contributed by atoms with Gasteiger partial charge in [0.1, 0.15) is 17.8 Å². The van der Waals surface area contributed by atoms with Gasteiger partial charge in [-0.1, -0.05) is 12.1 Å². The first-order valence-corrected chi connectivity index (χ1v) is 12.8. The summed E-state index contributed by atoms with van der Waals surface area (Å²) >= 11 is 0. The van der Waals surface area contributed by atoms with Gasteiger partial charge in [0.05, 0.1) is 24.4 Å². The van der Waals surface area contributed by atoms with Gasteiger partial charge in [-0.25, -0.2) is 14.2 Å². The number of fused-ring (bicyclic) bond motifs is 3. The Bertz CT molecular complexity index is 1160. The van der Waals surface area contributed by atoms with Crippen LogP contribution in [0.15, 0.2) is 24.3 Å². The SMILES string of the molecule is CCN1CC(C)(C)Oc2nc(N3CC4CCC(C3)O4)nc(-c3ccc(NC(=O)NCCF)cc3)c2C1=O. The fourth-order valence-electron chi connectivity index (χ4n) is 5.11. The summed E-state index contributed by atoms with van der Waals surface area (Å²) in [4.78, 5) is 39.2. The van der Waals surface area contributed by atoms with E-state index in [2.05, 4.69) is 15.5 Å². The summed E-state index contributed by atoms with van der Waals surface area (Å²) in [6, 6.07) is 6.53. The van der Waals surface area contributed by atoms with Crippen LogP contribution in [0.3, 0.4) is 0 Å². The number of hydrogen-bond acceptors (Lipinski definition) is 7. The molecule has 5 rings (SSSR count).